The van der Waals surface area contributed by atoms with E-state index in [0.29, 0.717) is 22.0 Å². The molecule has 25 heavy (non-hydrogen) atoms. The number of anilines is 2. The molecule has 5 nitrogen and oxygen atoms in total. The van der Waals surface area contributed by atoms with E-state index in [1.807, 2.05) is 0 Å². The van der Waals surface area contributed by atoms with Gasteiger partial charge in [-0.05, 0) is 36.8 Å². The van der Waals surface area contributed by atoms with E-state index < -0.39 is 11.7 Å². The van der Waals surface area contributed by atoms with Crippen LogP contribution in [0.2, 0.25) is 0 Å². The van der Waals surface area contributed by atoms with E-state index in [0.717, 1.165) is 12.1 Å². The van der Waals surface area contributed by atoms with Crippen molar-refractivity contribution in [1.29, 1.82) is 0 Å². The maximum atomic E-state index is 12.9. The van der Waals surface area contributed by atoms with Gasteiger partial charge in [-0.25, -0.2) is 15.0 Å². The van der Waals surface area contributed by atoms with E-state index in [-0.39, 0.29) is 18.2 Å². The summed E-state index contributed by atoms with van der Waals surface area (Å²) in [6.45, 7) is 1.42. The average Bonchev–Trinajstić information content (AvgIpc) is 3.03. The maximum absolute atomic E-state index is 12.9. The fourth-order valence-electron chi connectivity index (χ4n) is 2.21. The highest BCUT2D eigenvalue weighted by Gasteiger charge is 2.31. The zero-order valence-electron chi connectivity index (χ0n) is 13.0. The first-order chi connectivity index (χ1) is 11.8. The van der Waals surface area contributed by atoms with E-state index in [2.05, 4.69) is 20.3 Å². The number of hydrogen-bond acceptors (Lipinski definition) is 6. The SMILES string of the molecule is Cc1cc(Nc2nccc(-c3csc(CO)n3)n2)cc(C(F)(F)F)c1. The fraction of sp³-hybridized carbons (Fsp3) is 0.188. The van der Waals surface area contributed by atoms with E-state index >= 15 is 0 Å². The summed E-state index contributed by atoms with van der Waals surface area (Å²) in [6.07, 6.45) is -2.93. The highest BCUT2D eigenvalue weighted by Crippen LogP contribution is 2.32. The molecule has 0 fully saturated rings. The van der Waals surface area contributed by atoms with Gasteiger partial charge in [0.05, 0.1) is 17.9 Å². The lowest BCUT2D eigenvalue weighted by Gasteiger charge is -2.11. The second-order valence-electron chi connectivity index (χ2n) is 5.26. The molecule has 0 unspecified atom stereocenters. The third-order valence-corrected chi connectivity index (χ3v) is 4.10. The Morgan fingerprint density at radius 2 is 1.96 bits per heavy atom. The normalized spacial score (nSPS) is 11.6. The smallest absolute Gasteiger partial charge is 0.389 e. The second kappa shape index (κ2) is 6.77. The van der Waals surface area contributed by atoms with Crippen LogP contribution < -0.4 is 5.32 Å². The van der Waals surface area contributed by atoms with Crippen molar-refractivity contribution in [3.8, 4) is 11.4 Å². The molecule has 2 aromatic heterocycles. The number of nitrogens with zero attached hydrogens (tertiary/aromatic N) is 3. The summed E-state index contributed by atoms with van der Waals surface area (Å²) in [4.78, 5) is 12.5. The minimum absolute atomic E-state index is 0.162. The number of halogens is 3. The Morgan fingerprint density at radius 3 is 2.64 bits per heavy atom. The first-order valence-electron chi connectivity index (χ1n) is 7.20. The molecule has 0 aliphatic heterocycles. The first-order valence-corrected chi connectivity index (χ1v) is 8.08. The molecule has 3 rings (SSSR count). The predicted octanol–water partition coefficient (Wildman–Crippen LogP) is 4.16. The Morgan fingerprint density at radius 1 is 1.16 bits per heavy atom. The van der Waals surface area contributed by atoms with Crippen LogP contribution in [0.4, 0.5) is 24.8 Å². The molecule has 0 radical (unpaired) electrons. The molecule has 130 valence electrons. The number of aromatic nitrogens is 3. The van der Waals surface area contributed by atoms with Crippen molar-refractivity contribution in [2.75, 3.05) is 5.32 Å². The van der Waals surface area contributed by atoms with E-state index in [1.165, 1.54) is 17.5 Å². The van der Waals surface area contributed by atoms with E-state index in [9.17, 15) is 13.2 Å². The topological polar surface area (TPSA) is 70.9 Å². The lowest BCUT2D eigenvalue weighted by molar-refractivity contribution is -0.137. The van der Waals surface area contributed by atoms with Gasteiger partial charge in [0.15, 0.2) is 0 Å². The summed E-state index contributed by atoms with van der Waals surface area (Å²) in [6, 6.07) is 5.31. The number of rotatable bonds is 4. The van der Waals surface area contributed by atoms with Crippen molar-refractivity contribution in [1.82, 2.24) is 15.0 Å². The summed E-state index contributed by atoms with van der Waals surface area (Å²) >= 11 is 1.29. The molecule has 0 amide bonds. The van der Waals surface area contributed by atoms with Crippen molar-refractivity contribution in [2.24, 2.45) is 0 Å². The van der Waals surface area contributed by atoms with Crippen LogP contribution in [-0.4, -0.2) is 20.1 Å². The number of thiazole rings is 1. The molecule has 0 saturated heterocycles. The van der Waals surface area contributed by atoms with Gasteiger partial charge in [0, 0.05) is 17.3 Å². The number of hydrogen-bond donors (Lipinski definition) is 2. The minimum atomic E-state index is -4.42. The molecule has 2 heterocycles. The van der Waals surface area contributed by atoms with Crippen molar-refractivity contribution in [3.05, 3.63) is 52.0 Å². The second-order valence-corrected chi connectivity index (χ2v) is 6.20. The van der Waals surface area contributed by atoms with Gasteiger partial charge in [-0.1, -0.05) is 0 Å². The monoisotopic (exact) mass is 366 g/mol. The fourth-order valence-corrected chi connectivity index (χ4v) is 2.86. The molecule has 0 spiro atoms. The van der Waals surface area contributed by atoms with Crippen LogP contribution in [0.15, 0.2) is 35.8 Å². The van der Waals surface area contributed by atoms with Gasteiger partial charge in [-0.2, -0.15) is 13.2 Å². The van der Waals surface area contributed by atoms with Crippen molar-refractivity contribution in [2.45, 2.75) is 19.7 Å². The van der Waals surface area contributed by atoms with Gasteiger partial charge >= 0.3 is 6.18 Å². The molecule has 1 aromatic carbocycles. The number of aliphatic hydroxyl groups excluding tert-OH is 1. The van der Waals surface area contributed by atoms with Gasteiger partial charge < -0.3 is 10.4 Å². The molecular weight excluding hydrogens is 353 g/mol. The van der Waals surface area contributed by atoms with Gasteiger partial charge in [-0.15, -0.1) is 11.3 Å². The Balaban J connectivity index is 1.89. The predicted molar refractivity (Wildman–Crippen MR) is 88.5 cm³/mol. The van der Waals surface area contributed by atoms with Gasteiger partial charge in [0.2, 0.25) is 5.95 Å². The molecular formula is C16H13F3N4OS. The zero-order valence-corrected chi connectivity index (χ0v) is 13.8. The van der Waals surface area contributed by atoms with Crippen molar-refractivity contribution < 1.29 is 18.3 Å². The molecule has 0 bridgehead atoms. The summed E-state index contributed by atoms with van der Waals surface area (Å²) in [5, 5.41) is 14.2. The highest BCUT2D eigenvalue weighted by atomic mass is 32.1. The summed E-state index contributed by atoms with van der Waals surface area (Å²) in [7, 11) is 0. The summed E-state index contributed by atoms with van der Waals surface area (Å²) in [5.74, 6) is 0.162. The summed E-state index contributed by atoms with van der Waals surface area (Å²) in [5.41, 5.74) is 1.06. The largest absolute Gasteiger partial charge is 0.416 e. The molecule has 0 aliphatic rings. The van der Waals surface area contributed by atoms with Crippen molar-refractivity contribution in [3.63, 3.8) is 0 Å². The minimum Gasteiger partial charge on any atom is -0.389 e. The number of aryl methyl sites for hydroxylation is 1. The van der Waals surface area contributed by atoms with Crippen LogP contribution in [0.25, 0.3) is 11.4 Å². The van der Waals surface area contributed by atoms with Crippen LogP contribution in [0, 0.1) is 6.92 Å². The van der Waals surface area contributed by atoms with Crippen LogP contribution in [0.3, 0.4) is 0 Å². The molecule has 0 saturated carbocycles. The molecule has 0 aliphatic carbocycles. The molecule has 0 atom stereocenters. The third kappa shape index (κ3) is 4.12. The standard InChI is InChI=1S/C16H13F3N4OS/c1-9-4-10(16(17,18)19)6-11(5-9)21-15-20-3-2-12(23-15)13-8-25-14(7-24)22-13/h2-6,8,24H,7H2,1H3,(H,20,21,23). The van der Waals surface area contributed by atoms with Gasteiger partial charge in [0.1, 0.15) is 10.7 Å². The Labute approximate surface area is 145 Å². The Kier molecular flexibility index (Phi) is 4.69. The maximum Gasteiger partial charge on any atom is 0.416 e. The lowest BCUT2D eigenvalue weighted by atomic mass is 10.1. The lowest BCUT2D eigenvalue weighted by Crippen LogP contribution is -2.06. The van der Waals surface area contributed by atoms with Gasteiger partial charge in [-0.3, -0.25) is 0 Å². The third-order valence-electron chi connectivity index (χ3n) is 3.27. The van der Waals surface area contributed by atoms with Crippen LogP contribution >= 0.6 is 11.3 Å². The van der Waals surface area contributed by atoms with Crippen molar-refractivity contribution >= 4 is 23.0 Å². The van der Waals surface area contributed by atoms with Crippen LogP contribution in [0.1, 0.15) is 16.1 Å². The Bertz CT molecular complexity index is 895. The van der Waals surface area contributed by atoms with E-state index in [1.54, 1.807) is 24.4 Å². The number of alkyl halides is 3. The van der Waals surface area contributed by atoms with Gasteiger partial charge in [0.25, 0.3) is 0 Å². The molecule has 2 N–H and O–H groups in total. The van der Waals surface area contributed by atoms with E-state index in [4.69, 9.17) is 5.11 Å². The average molecular weight is 366 g/mol. The van der Waals surface area contributed by atoms with Crippen LogP contribution in [0.5, 0.6) is 0 Å². The van der Waals surface area contributed by atoms with Crippen LogP contribution in [-0.2, 0) is 12.8 Å². The molecule has 9 heteroatoms. The Hall–Kier alpha value is -2.52. The highest BCUT2D eigenvalue weighted by molar-refractivity contribution is 7.09. The molecule has 3 aromatic rings. The number of aliphatic hydroxyl groups is 1. The zero-order chi connectivity index (χ0) is 18.0. The number of benzene rings is 1. The number of nitrogens with one attached hydrogen (secondary N) is 1. The summed E-state index contributed by atoms with van der Waals surface area (Å²) < 4.78 is 38.8. The first kappa shape index (κ1) is 17.3. The quantitative estimate of drug-likeness (QED) is 0.725.